The number of fused-ring (bicyclic) bond motifs is 1. The van der Waals surface area contributed by atoms with Gasteiger partial charge in [0.25, 0.3) is 0 Å². The van der Waals surface area contributed by atoms with Crippen LogP contribution in [0.2, 0.25) is 0 Å². The maximum absolute atomic E-state index is 6.07. The van der Waals surface area contributed by atoms with Gasteiger partial charge in [0.2, 0.25) is 0 Å². The van der Waals surface area contributed by atoms with Crippen molar-refractivity contribution < 1.29 is 4.74 Å². The smallest absolute Gasteiger partial charge is 0.143 e. The Bertz CT molecular complexity index is 683. The zero-order chi connectivity index (χ0) is 16.4. The predicted octanol–water partition coefficient (Wildman–Crippen LogP) is 2.88. The molecule has 1 fully saturated rings. The highest BCUT2D eigenvalue weighted by atomic mass is 16.5. The van der Waals surface area contributed by atoms with E-state index in [9.17, 15) is 0 Å². The zero-order valence-electron chi connectivity index (χ0n) is 14.2. The number of piperazine rings is 1. The van der Waals surface area contributed by atoms with Crippen LogP contribution in [0.1, 0.15) is 12.5 Å². The van der Waals surface area contributed by atoms with Crippen LogP contribution in [-0.2, 0) is 6.54 Å². The Hall–Kier alpha value is -2.20. The molecule has 1 saturated heterocycles. The molecule has 1 N–H and O–H groups in total. The molecule has 2 aromatic carbocycles. The van der Waals surface area contributed by atoms with Crippen molar-refractivity contribution in [3.05, 3.63) is 54.1 Å². The van der Waals surface area contributed by atoms with Gasteiger partial charge in [-0.1, -0.05) is 30.3 Å². The number of hydrogen-bond acceptors (Lipinski definition) is 4. The van der Waals surface area contributed by atoms with Crippen LogP contribution in [0.5, 0.6) is 5.75 Å². The van der Waals surface area contributed by atoms with Crippen LogP contribution in [0.25, 0.3) is 0 Å². The lowest BCUT2D eigenvalue weighted by atomic mass is 10.1. The fraction of sp³-hybridized carbons (Fsp3) is 0.400. The van der Waals surface area contributed by atoms with Gasteiger partial charge in [-0.05, 0) is 30.7 Å². The predicted molar refractivity (Wildman–Crippen MR) is 99.1 cm³/mol. The van der Waals surface area contributed by atoms with Crippen molar-refractivity contribution in [2.45, 2.75) is 19.6 Å². The number of anilines is 2. The van der Waals surface area contributed by atoms with E-state index in [4.69, 9.17) is 4.74 Å². The van der Waals surface area contributed by atoms with Crippen molar-refractivity contribution in [3.8, 4) is 5.75 Å². The van der Waals surface area contributed by atoms with E-state index in [2.05, 4.69) is 70.6 Å². The molecule has 0 radical (unpaired) electrons. The van der Waals surface area contributed by atoms with Crippen LogP contribution >= 0.6 is 0 Å². The molecule has 0 amide bonds. The van der Waals surface area contributed by atoms with Crippen LogP contribution < -0.4 is 19.9 Å². The topological polar surface area (TPSA) is 27.7 Å². The molecule has 4 nitrogen and oxygen atoms in total. The summed E-state index contributed by atoms with van der Waals surface area (Å²) in [5.41, 5.74) is 3.85. The maximum Gasteiger partial charge on any atom is 0.143 e. The highest BCUT2D eigenvalue weighted by Gasteiger charge is 2.24. The van der Waals surface area contributed by atoms with Gasteiger partial charge in [-0.3, -0.25) is 0 Å². The molecule has 0 spiro atoms. The largest absolute Gasteiger partial charge is 0.487 e. The molecule has 0 bridgehead atoms. The Kier molecular flexibility index (Phi) is 4.30. The van der Waals surface area contributed by atoms with E-state index in [0.717, 1.165) is 45.0 Å². The monoisotopic (exact) mass is 323 g/mol. The Morgan fingerprint density at radius 1 is 1.08 bits per heavy atom. The highest BCUT2D eigenvalue weighted by molar-refractivity contribution is 5.68. The minimum Gasteiger partial charge on any atom is -0.487 e. The zero-order valence-corrected chi connectivity index (χ0v) is 14.2. The number of ether oxygens (including phenoxy) is 1. The van der Waals surface area contributed by atoms with E-state index in [1.54, 1.807) is 0 Å². The van der Waals surface area contributed by atoms with Gasteiger partial charge in [-0.15, -0.1) is 0 Å². The van der Waals surface area contributed by atoms with Crippen molar-refractivity contribution >= 4 is 11.4 Å². The molecule has 2 aromatic rings. The van der Waals surface area contributed by atoms with Gasteiger partial charge in [-0.25, -0.2) is 0 Å². The SMILES string of the molecule is CC1CN(Cc2ccccc2)c2cc(N3CCNCC3)ccc2O1. The number of nitrogens with zero attached hydrogens (tertiary/aromatic N) is 2. The molecule has 4 rings (SSSR count). The van der Waals surface area contributed by atoms with Crippen molar-refractivity contribution in [1.29, 1.82) is 0 Å². The number of hydrogen-bond donors (Lipinski definition) is 1. The molecule has 1 unspecified atom stereocenters. The van der Waals surface area contributed by atoms with E-state index >= 15 is 0 Å². The summed E-state index contributed by atoms with van der Waals surface area (Å²) in [5.74, 6) is 1.00. The second kappa shape index (κ2) is 6.73. The van der Waals surface area contributed by atoms with Crippen LogP contribution in [0, 0.1) is 0 Å². The molecular formula is C20H25N3O. The summed E-state index contributed by atoms with van der Waals surface area (Å²) in [6.07, 6.45) is 0.214. The summed E-state index contributed by atoms with van der Waals surface area (Å²) in [4.78, 5) is 4.90. The van der Waals surface area contributed by atoms with E-state index in [1.165, 1.54) is 16.9 Å². The van der Waals surface area contributed by atoms with Crippen molar-refractivity contribution in [2.24, 2.45) is 0 Å². The third-order valence-corrected chi connectivity index (χ3v) is 4.79. The van der Waals surface area contributed by atoms with Gasteiger partial charge in [0.1, 0.15) is 11.9 Å². The van der Waals surface area contributed by atoms with Crippen molar-refractivity contribution in [2.75, 3.05) is 42.5 Å². The van der Waals surface area contributed by atoms with E-state index < -0.39 is 0 Å². The first-order valence-electron chi connectivity index (χ1n) is 8.85. The number of nitrogens with one attached hydrogen (secondary N) is 1. The fourth-order valence-electron chi connectivity index (χ4n) is 3.59. The Morgan fingerprint density at radius 3 is 2.67 bits per heavy atom. The first kappa shape index (κ1) is 15.3. The molecule has 2 heterocycles. The van der Waals surface area contributed by atoms with Crippen LogP contribution in [0.3, 0.4) is 0 Å². The molecular weight excluding hydrogens is 298 g/mol. The molecule has 0 aromatic heterocycles. The molecule has 24 heavy (non-hydrogen) atoms. The lowest BCUT2D eigenvalue weighted by Crippen LogP contribution is -2.43. The van der Waals surface area contributed by atoms with E-state index in [-0.39, 0.29) is 6.10 Å². The summed E-state index contributed by atoms with van der Waals surface area (Å²) >= 11 is 0. The Labute approximate surface area is 144 Å². The molecule has 0 aliphatic carbocycles. The molecule has 4 heteroatoms. The van der Waals surface area contributed by atoms with Gasteiger partial charge in [0, 0.05) is 38.4 Å². The van der Waals surface area contributed by atoms with Crippen molar-refractivity contribution in [1.82, 2.24) is 5.32 Å². The number of rotatable bonds is 3. The summed E-state index contributed by atoms with van der Waals surface area (Å²) in [6, 6.07) is 17.3. The standard InChI is InChI=1S/C20H25N3O/c1-16-14-23(15-17-5-3-2-4-6-17)19-13-18(7-8-20(19)24-16)22-11-9-21-10-12-22/h2-8,13,16,21H,9-12,14-15H2,1H3. The minimum absolute atomic E-state index is 0.214. The van der Waals surface area contributed by atoms with Gasteiger partial charge in [-0.2, -0.15) is 0 Å². The molecule has 1 atom stereocenters. The van der Waals surface area contributed by atoms with Crippen molar-refractivity contribution in [3.63, 3.8) is 0 Å². The third-order valence-electron chi connectivity index (χ3n) is 4.79. The average Bonchev–Trinajstić information content (AvgIpc) is 2.63. The second-order valence-corrected chi connectivity index (χ2v) is 6.68. The Morgan fingerprint density at radius 2 is 1.88 bits per heavy atom. The van der Waals surface area contributed by atoms with E-state index in [0.29, 0.717) is 0 Å². The fourth-order valence-corrected chi connectivity index (χ4v) is 3.59. The first-order valence-corrected chi connectivity index (χ1v) is 8.85. The van der Waals surface area contributed by atoms with E-state index in [1.807, 2.05) is 0 Å². The summed E-state index contributed by atoms with van der Waals surface area (Å²) in [7, 11) is 0. The average molecular weight is 323 g/mol. The van der Waals surface area contributed by atoms with Gasteiger partial charge < -0.3 is 19.9 Å². The summed E-state index contributed by atoms with van der Waals surface area (Å²) in [6.45, 7) is 8.23. The van der Waals surface area contributed by atoms with Crippen LogP contribution in [0.4, 0.5) is 11.4 Å². The molecule has 0 saturated carbocycles. The molecule has 126 valence electrons. The summed E-state index contributed by atoms with van der Waals surface area (Å²) in [5, 5.41) is 3.42. The van der Waals surface area contributed by atoms with Gasteiger partial charge in [0.05, 0.1) is 12.2 Å². The second-order valence-electron chi connectivity index (χ2n) is 6.68. The summed E-state index contributed by atoms with van der Waals surface area (Å²) < 4.78 is 6.07. The minimum atomic E-state index is 0.214. The normalized spacial score (nSPS) is 20.5. The molecule has 2 aliphatic rings. The first-order chi connectivity index (χ1) is 11.8. The maximum atomic E-state index is 6.07. The third kappa shape index (κ3) is 3.20. The quantitative estimate of drug-likeness (QED) is 0.940. The molecule has 2 aliphatic heterocycles. The highest BCUT2D eigenvalue weighted by Crippen LogP contribution is 2.37. The van der Waals surface area contributed by atoms with Crippen LogP contribution in [-0.4, -0.2) is 38.8 Å². The lowest BCUT2D eigenvalue weighted by molar-refractivity contribution is 0.212. The number of benzene rings is 2. The van der Waals surface area contributed by atoms with Crippen LogP contribution in [0.15, 0.2) is 48.5 Å². The van der Waals surface area contributed by atoms with Gasteiger partial charge >= 0.3 is 0 Å². The lowest BCUT2D eigenvalue weighted by Gasteiger charge is -2.37. The Balaban J connectivity index is 1.63. The van der Waals surface area contributed by atoms with Gasteiger partial charge in [0.15, 0.2) is 0 Å².